The molecule has 2 aromatic rings. The Balaban J connectivity index is 2.40. The Morgan fingerprint density at radius 3 is 1.76 bits per heavy atom. The van der Waals surface area contributed by atoms with Crippen molar-refractivity contribution in [2.24, 2.45) is 5.84 Å². The Hall–Kier alpha value is -1.92. The maximum Gasteiger partial charge on any atom is 0.141 e. The van der Waals surface area contributed by atoms with Crippen molar-refractivity contribution in [1.29, 1.82) is 0 Å². The highest BCUT2D eigenvalue weighted by Gasteiger charge is 2.14. The van der Waals surface area contributed by atoms with E-state index in [0.717, 1.165) is 12.4 Å². The SMILES string of the molecule is NNC(c1cncc(F)c1)c1cncc(F)c1. The lowest BCUT2D eigenvalue weighted by atomic mass is 10.0. The van der Waals surface area contributed by atoms with Crippen LogP contribution in [0.25, 0.3) is 0 Å². The lowest BCUT2D eigenvalue weighted by Gasteiger charge is -2.15. The van der Waals surface area contributed by atoms with Crippen LogP contribution in [0.5, 0.6) is 0 Å². The third-order valence-corrected chi connectivity index (χ3v) is 2.29. The summed E-state index contributed by atoms with van der Waals surface area (Å²) in [5, 5.41) is 0. The second kappa shape index (κ2) is 4.94. The molecule has 0 saturated carbocycles. The van der Waals surface area contributed by atoms with E-state index < -0.39 is 17.7 Å². The number of nitrogens with two attached hydrogens (primary N) is 1. The topological polar surface area (TPSA) is 63.8 Å². The third kappa shape index (κ3) is 2.61. The first kappa shape index (κ1) is 11.6. The molecule has 4 nitrogen and oxygen atoms in total. The quantitative estimate of drug-likeness (QED) is 0.623. The second-order valence-corrected chi connectivity index (χ2v) is 3.47. The van der Waals surface area contributed by atoms with Gasteiger partial charge in [-0.25, -0.2) is 14.2 Å². The molecule has 0 aromatic carbocycles. The molecule has 2 aromatic heterocycles. The van der Waals surface area contributed by atoms with Crippen molar-refractivity contribution in [3.05, 3.63) is 59.7 Å². The van der Waals surface area contributed by atoms with Gasteiger partial charge in [0.15, 0.2) is 0 Å². The molecule has 0 bridgehead atoms. The van der Waals surface area contributed by atoms with Crippen LogP contribution in [-0.2, 0) is 0 Å². The fraction of sp³-hybridized carbons (Fsp3) is 0.0909. The van der Waals surface area contributed by atoms with Gasteiger partial charge < -0.3 is 0 Å². The number of aromatic nitrogens is 2. The van der Waals surface area contributed by atoms with E-state index >= 15 is 0 Å². The lowest BCUT2D eigenvalue weighted by molar-refractivity contribution is 0.585. The van der Waals surface area contributed by atoms with E-state index in [1.807, 2.05) is 0 Å². The fourth-order valence-electron chi connectivity index (χ4n) is 1.56. The molecule has 88 valence electrons. The minimum Gasteiger partial charge on any atom is -0.271 e. The van der Waals surface area contributed by atoms with Crippen LogP contribution in [0.15, 0.2) is 36.9 Å². The van der Waals surface area contributed by atoms with E-state index in [2.05, 4.69) is 15.4 Å². The zero-order valence-corrected chi connectivity index (χ0v) is 8.77. The molecule has 2 heterocycles. The summed E-state index contributed by atoms with van der Waals surface area (Å²) in [4.78, 5) is 7.43. The predicted octanol–water partition coefficient (Wildman–Crippen LogP) is 1.31. The molecular formula is C11H10F2N4. The van der Waals surface area contributed by atoms with Crippen LogP contribution in [-0.4, -0.2) is 9.97 Å². The molecule has 0 saturated heterocycles. The first-order chi connectivity index (χ1) is 8.20. The van der Waals surface area contributed by atoms with Crippen molar-refractivity contribution in [1.82, 2.24) is 15.4 Å². The van der Waals surface area contributed by atoms with Gasteiger partial charge in [0.05, 0.1) is 18.4 Å². The van der Waals surface area contributed by atoms with Gasteiger partial charge in [-0.15, -0.1) is 0 Å². The number of pyridine rings is 2. The third-order valence-electron chi connectivity index (χ3n) is 2.29. The van der Waals surface area contributed by atoms with E-state index in [1.165, 1.54) is 24.5 Å². The maximum absolute atomic E-state index is 13.0. The Labute approximate surface area is 96.5 Å². The summed E-state index contributed by atoms with van der Waals surface area (Å²) in [6, 6.07) is 2.01. The fourth-order valence-corrected chi connectivity index (χ4v) is 1.56. The maximum atomic E-state index is 13.0. The zero-order chi connectivity index (χ0) is 12.3. The van der Waals surface area contributed by atoms with Crippen molar-refractivity contribution in [2.45, 2.75) is 6.04 Å². The molecule has 0 atom stereocenters. The minimum atomic E-state index is -0.554. The Morgan fingerprint density at radius 1 is 0.941 bits per heavy atom. The summed E-state index contributed by atoms with van der Waals surface area (Å²) in [6.45, 7) is 0. The van der Waals surface area contributed by atoms with Crippen molar-refractivity contribution in [2.75, 3.05) is 0 Å². The molecule has 0 aliphatic rings. The molecule has 2 rings (SSSR count). The smallest absolute Gasteiger partial charge is 0.141 e. The van der Waals surface area contributed by atoms with Gasteiger partial charge in [0.2, 0.25) is 0 Å². The molecule has 0 radical (unpaired) electrons. The van der Waals surface area contributed by atoms with Gasteiger partial charge in [-0.1, -0.05) is 0 Å². The molecule has 17 heavy (non-hydrogen) atoms. The number of nitrogens with zero attached hydrogens (tertiary/aromatic N) is 2. The number of hydrazine groups is 1. The largest absolute Gasteiger partial charge is 0.271 e. The first-order valence-corrected chi connectivity index (χ1v) is 4.87. The van der Waals surface area contributed by atoms with E-state index in [4.69, 9.17) is 5.84 Å². The molecule has 0 unspecified atom stereocenters. The highest BCUT2D eigenvalue weighted by atomic mass is 19.1. The Bertz CT molecular complexity index is 473. The average Bonchev–Trinajstić information content (AvgIpc) is 2.30. The normalized spacial score (nSPS) is 10.8. The van der Waals surface area contributed by atoms with Crippen LogP contribution in [0.2, 0.25) is 0 Å². The molecule has 3 N–H and O–H groups in total. The van der Waals surface area contributed by atoms with Gasteiger partial charge in [0.1, 0.15) is 11.6 Å². The van der Waals surface area contributed by atoms with Crippen LogP contribution < -0.4 is 11.3 Å². The second-order valence-electron chi connectivity index (χ2n) is 3.47. The zero-order valence-electron chi connectivity index (χ0n) is 8.77. The number of rotatable bonds is 3. The molecular weight excluding hydrogens is 226 g/mol. The number of halogens is 2. The van der Waals surface area contributed by atoms with Crippen molar-refractivity contribution in [3.8, 4) is 0 Å². The van der Waals surface area contributed by atoms with Crippen molar-refractivity contribution >= 4 is 0 Å². The highest BCUT2D eigenvalue weighted by Crippen LogP contribution is 2.20. The summed E-state index contributed by atoms with van der Waals surface area (Å²) >= 11 is 0. The summed E-state index contributed by atoms with van der Waals surface area (Å²) in [6.07, 6.45) is 5.08. The van der Waals surface area contributed by atoms with E-state index in [-0.39, 0.29) is 0 Å². The molecule has 0 aliphatic heterocycles. The van der Waals surface area contributed by atoms with Gasteiger partial charge in [-0.3, -0.25) is 15.8 Å². The molecule has 6 heteroatoms. The van der Waals surface area contributed by atoms with Crippen LogP contribution in [0.4, 0.5) is 8.78 Å². The summed E-state index contributed by atoms with van der Waals surface area (Å²) in [5.41, 5.74) is 3.48. The van der Waals surface area contributed by atoms with Gasteiger partial charge >= 0.3 is 0 Å². The standard InChI is InChI=1S/C11H10F2N4/c12-9-1-7(3-15-5-9)11(17-14)8-2-10(13)6-16-4-8/h1-6,11,17H,14H2. The van der Waals surface area contributed by atoms with Crippen LogP contribution in [0.1, 0.15) is 17.2 Å². The van der Waals surface area contributed by atoms with Gasteiger partial charge in [-0.05, 0) is 23.3 Å². The van der Waals surface area contributed by atoms with E-state index in [0.29, 0.717) is 11.1 Å². The molecule has 0 fully saturated rings. The minimum absolute atomic E-state index is 0.480. The number of hydrogen-bond acceptors (Lipinski definition) is 4. The number of hydrogen-bond donors (Lipinski definition) is 2. The van der Waals surface area contributed by atoms with Gasteiger partial charge in [0.25, 0.3) is 0 Å². The van der Waals surface area contributed by atoms with Crippen LogP contribution in [0.3, 0.4) is 0 Å². The Morgan fingerprint density at radius 2 is 1.41 bits per heavy atom. The number of nitrogens with one attached hydrogen (secondary N) is 1. The summed E-state index contributed by atoms with van der Waals surface area (Å²) in [7, 11) is 0. The highest BCUT2D eigenvalue weighted by molar-refractivity contribution is 5.28. The van der Waals surface area contributed by atoms with Crippen LogP contribution in [0, 0.1) is 11.6 Å². The monoisotopic (exact) mass is 236 g/mol. The predicted molar refractivity (Wildman–Crippen MR) is 57.6 cm³/mol. The molecule has 0 aliphatic carbocycles. The van der Waals surface area contributed by atoms with E-state index in [9.17, 15) is 8.78 Å². The lowest BCUT2D eigenvalue weighted by Crippen LogP contribution is -2.29. The van der Waals surface area contributed by atoms with Crippen molar-refractivity contribution in [3.63, 3.8) is 0 Å². The van der Waals surface area contributed by atoms with E-state index in [1.54, 1.807) is 0 Å². The first-order valence-electron chi connectivity index (χ1n) is 4.87. The summed E-state index contributed by atoms with van der Waals surface area (Å²) in [5.74, 6) is 4.43. The molecule has 0 spiro atoms. The van der Waals surface area contributed by atoms with Gasteiger partial charge in [0, 0.05) is 12.4 Å². The summed E-state index contributed by atoms with van der Waals surface area (Å²) < 4.78 is 26.1. The van der Waals surface area contributed by atoms with Crippen LogP contribution >= 0.6 is 0 Å². The Kier molecular flexibility index (Phi) is 3.36. The molecule has 0 amide bonds. The van der Waals surface area contributed by atoms with Crippen molar-refractivity contribution < 1.29 is 8.78 Å². The van der Waals surface area contributed by atoms with Gasteiger partial charge in [-0.2, -0.15) is 0 Å². The average molecular weight is 236 g/mol.